The monoisotopic (exact) mass is 709 g/mol. The van der Waals surface area contributed by atoms with Crippen LogP contribution in [0, 0.1) is 5.82 Å². The van der Waals surface area contributed by atoms with Crippen molar-refractivity contribution in [2.45, 2.75) is 45.9 Å². The zero-order valence-corrected chi connectivity index (χ0v) is 27.2. The minimum atomic E-state index is -4.80. The van der Waals surface area contributed by atoms with Crippen LogP contribution in [0.15, 0.2) is 71.7 Å². The van der Waals surface area contributed by atoms with E-state index in [1.807, 2.05) is 30.3 Å². The number of hydrogen-bond acceptors (Lipinski definition) is 8. The van der Waals surface area contributed by atoms with Gasteiger partial charge in [0.25, 0.3) is 0 Å². The van der Waals surface area contributed by atoms with Gasteiger partial charge in [0, 0.05) is 18.8 Å². The molecule has 0 spiro atoms. The maximum absolute atomic E-state index is 15.0. The number of halogens is 5. The molecule has 0 aliphatic heterocycles. The lowest BCUT2D eigenvalue weighted by Gasteiger charge is -2.20. The highest BCUT2D eigenvalue weighted by Crippen LogP contribution is 2.42. The van der Waals surface area contributed by atoms with Crippen molar-refractivity contribution in [1.29, 1.82) is 0 Å². The Balaban J connectivity index is 1.60. The van der Waals surface area contributed by atoms with Crippen molar-refractivity contribution in [3.05, 3.63) is 99.6 Å². The van der Waals surface area contributed by atoms with E-state index < -0.39 is 56.2 Å². The molecule has 48 heavy (non-hydrogen) atoms. The average Bonchev–Trinajstić information content (AvgIpc) is 3.34. The van der Waals surface area contributed by atoms with Crippen molar-refractivity contribution in [1.82, 2.24) is 19.3 Å². The summed E-state index contributed by atoms with van der Waals surface area (Å²) in [4.78, 5) is 17.5. The third kappa shape index (κ3) is 7.72. The fraction of sp³-hybridized carbons (Fsp3) is 0.258. The largest absolute Gasteiger partial charge is 0.480 e. The fourth-order valence-corrected chi connectivity index (χ4v) is 5.51. The SMILES string of the molecule is CCn1c(COCc2ccccc2)nn(-c2cc(O[C@@H](C)C(F)(F)F)c3c(Oc4c(F)ccc(NS(C)(=O)=O)c4Cl)nccc3c2)c1=O. The lowest BCUT2D eigenvalue weighted by Crippen LogP contribution is -2.31. The Hall–Kier alpha value is -4.67. The Morgan fingerprint density at radius 1 is 1.06 bits per heavy atom. The Kier molecular flexibility index (Phi) is 9.98. The van der Waals surface area contributed by atoms with Crippen molar-refractivity contribution >= 4 is 38.1 Å². The summed E-state index contributed by atoms with van der Waals surface area (Å²) in [6, 6.07) is 15.3. The second-order valence-electron chi connectivity index (χ2n) is 10.5. The number of pyridine rings is 1. The van der Waals surface area contributed by atoms with Crippen molar-refractivity contribution < 1.29 is 40.2 Å². The van der Waals surface area contributed by atoms with E-state index in [0.717, 1.165) is 41.6 Å². The number of rotatable bonds is 12. The molecule has 5 rings (SSSR count). The van der Waals surface area contributed by atoms with Crippen LogP contribution in [0.25, 0.3) is 16.5 Å². The minimum Gasteiger partial charge on any atom is -0.480 e. The van der Waals surface area contributed by atoms with Crippen molar-refractivity contribution in [3.8, 4) is 23.1 Å². The van der Waals surface area contributed by atoms with Crippen LogP contribution in [0.3, 0.4) is 0 Å². The van der Waals surface area contributed by atoms with Gasteiger partial charge in [0.2, 0.25) is 15.9 Å². The molecule has 3 aromatic carbocycles. The normalized spacial score (nSPS) is 12.7. The predicted octanol–water partition coefficient (Wildman–Crippen LogP) is 6.60. The van der Waals surface area contributed by atoms with Gasteiger partial charge in [-0.3, -0.25) is 9.29 Å². The topological polar surface area (TPSA) is 127 Å². The van der Waals surface area contributed by atoms with E-state index in [0.29, 0.717) is 0 Å². The highest BCUT2D eigenvalue weighted by molar-refractivity contribution is 7.92. The molecule has 254 valence electrons. The molecule has 5 aromatic rings. The van der Waals surface area contributed by atoms with E-state index in [2.05, 4.69) is 14.8 Å². The number of benzene rings is 3. The minimum absolute atomic E-state index is 0.0332. The van der Waals surface area contributed by atoms with Gasteiger partial charge >= 0.3 is 11.9 Å². The lowest BCUT2D eigenvalue weighted by molar-refractivity contribution is -0.189. The average molecular weight is 710 g/mol. The standard InChI is InChI=1S/C31H28ClF4N5O6S/c1-4-40-25(17-45-16-19-8-6-5-7-9-19)38-41(30(40)42)21-14-20-12-13-37-29(26(20)24(15-21)46-18(2)31(34,35)36)47-28-22(33)10-11-23(27(28)32)39-48(3,43)44/h5-15,18,39H,4,16-17H2,1-3H3/t18-/m0/s1. The van der Waals surface area contributed by atoms with Gasteiger partial charge in [-0.25, -0.2) is 22.6 Å². The van der Waals surface area contributed by atoms with Crippen molar-refractivity contribution in [2.75, 3.05) is 11.0 Å². The summed E-state index contributed by atoms with van der Waals surface area (Å²) in [5.74, 6) is -2.22. The molecule has 0 amide bonds. The molecule has 2 heterocycles. The molecular formula is C31H28ClF4N5O6S. The highest BCUT2D eigenvalue weighted by Gasteiger charge is 2.38. The van der Waals surface area contributed by atoms with Crippen LogP contribution >= 0.6 is 11.6 Å². The van der Waals surface area contributed by atoms with Crippen LogP contribution in [0.4, 0.5) is 23.2 Å². The maximum atomic E-state index is 15.0. The molecule has 1 N–H and O–H groups in total. The molecule has 17 heteroatoms. The van der Waals surface area contributed by atoms with E-state index in [-0.39, 0.29) is 47.7 Å². The Morgan fingerprint density at radius 2 is 1.79 bits per heavy atom. The fourth-order valence-electron chi connectivity index (χ4n) is 4.65. The molecule has 0 fully saturated rings. The smallest absolute Gasteiger partial charge is 0.425 e. The molecule has 0 saturated heterocycles. The number of fused-ring (bicyclic) bond motifs is 1. The summed E-state index contributed by atoms with van der Waals surface area (Å²) in [6.07, 6.45) is -5.04. The predicted molar refractivity (Wildman–Crippen MR) is 170 cm³/mol. The van der Waals surface area contributed by atoms with Crippen molar-refractivity contribution in [2.24, 2.45) is 0 Å². The molecule has 0 aliphatic rings. The number of nitrogens with zero attached hydrogens (tertiary/aromatic N) is 4. The van der Waals surface area contributed by atoms with E-state index in [4.69, 9.17) is 25.8 Å². The molecule has 0 bridgehead atoms. The first-order valence-electron chi connectivity index (χ1n) is 14.3. The number of anilines is 1. The number of nitrogens with one attached hydrogen (secondary N) is 1. The van der Waals surface area contributed by atoms with Crippen LogP contribution in [-0.2, 0) is 34.5 Å². The molecule has 0 saturated carbocycles. The lowest BCUT2D eigenvalue weighted by atomic mass is 10.1. The first kappa shape index (κ1) is 34.7. The summed E-state index contributed by atoms with van der Waals surface area (Å²) in [6.45, 7) is 2.96. The van der Waals surface area contributed by atoms with Gasteiger partial charge in [-0.05, 0) is 49.1 Å². The van der Waals surface area contributed by atoms with Crippen LogP contribution in [0.1, 0.15) is 25.2 Å². The first-order chi connectivity index (χ1) is 22.7. The maximum Gasteiger partial charge on any atom is 0.425 e. The van der Waals surface area contributed by atoms with Gasteiger partial charge in [-0.1, -0.05) is 41.9 Å². The van der Waals surface area contributed by atoms with E-state index in [1.165, 1.54) is 22.9 Å². The zero-order chi connectivity index (χ0) is 34.8. The number of sulfonamides is 1. The number of alkyl halides is 3. The summed E-state index contributed by atoms with van der Waals surface area (Å²) in [5, 5.41) is 4.00. The number of hydrogen-bond donors (Lipinski definition) is 1. The molecule has 1 atom stereocenters. The second-order valence-corrected chi connectivity index (χ2v) is 12.6. The highest BCUT2D eigenvalue weighted by atomic mass is 35.5. The molecule has 0 radical (unpaired) electrons. The second kappa shape index (κ2) is 13.8. The quantitative estimate of drug-likeness (QED) is 0.144. The number of aromatic nitrogens is 4. The molecule has 11 nitrogen and oxygen atoms in total. The summed E-state index contributed by atoms with van der Waals surface area (Å²) < 4.78 is 101. The summed E-state index contributed by atoms with van der Waals surface area (Å²) in [5.41, 5.74) is 0.159. The van der Waals surface area contributed by atoms with Gasteiger partial charge in [0.15, 0.2) is 23.5 Å². The summed E-state index contributed by atoms with van der Waals surface area (Å²) >= 11 is 6.27. The van der Waals surface area contributed by atoms with Gasteiger partial charge in [-0.2, -0.15) is 17.9 Å². The molecule has 0 aliphatic carbocycles. The Labute approximate surface area is 276 Å². The van der Waals surface area contributed by atoms with Crippen LogP contribution < -0.4 is 19.9 Å². The van der Waals surface area contributed by atoms with Crippen LogP contribution in [-0.4, -0.2) is 46.3 Å². The Bertz CT molecular complexity index is 2120. The number of ether oxygens (including phenoxy) is 3. The Morgan fingerprint density at radius 3 is 2.46 bits per heavy atom. The zero-order valence-electron chi connectivity index (χ0n) is 25.6. The van der Waals surface area contributed by atoms with Gasteiger partial charge in [-0.15, -0.1) is 5.10 Å². The van der Waals surface area contributed by atoms with Gasteiger partial charge in [0.1, 0.15) is 17.4 Å². The van der Waals surface area contributed by atoms with E-state index in [1.54, 1.807) is 6.92 Å². The molecular weight excluding hydrogens is 682 g/mol. The first-order valence-corrected chi connectivity index (χ1v) is 16.5. The van der Waals surface area contributed by atoms with Gasteiger partial charge in [0.05, 0.1) is 29.6 Å². The third-order valence-electron chi connectivity index (χ3n) is 6.93. The third-order valence-corrected chi connectivity index (χ3v) is 7.89. The van der Waals surface area contributed by atoms with Crippen molar-refractivity contribution in [3.63, 3.8) is 0 Å². The molecule has 2 aromatic heterocycles. The molecule has 0 unspecified atom stereocenters. The van der Waals surface area contributed by atoms with Gasteiger partial charge < -0.3 is 14.2 Å². The van der Waals surface area contributed by atoms with Crippen LogP contribution in [0.5, 0.6) is 17.4 Å². The van der Waals surface area contributed by atoms with E-state index in [9.17, 15) is 30.8 Å². The van der Waals surface area contributed by atoms with Crippen LogP contribution in [0.2, 0.25) is 5.02 Å². The van der Waals surface area contributed by atoms with E-state index >= 15 is 0 Å². The summed E-state index contributed by atoms with van der Waals surface area (Å²) in [7, 11) is -3.83.